The molecule has 210 valence electrons. The highest BCUT2D eigenvalue weighted by atomic mass is 32.2. The molecule has 0 heterocycles. The Hall–Kier alpha value is -3.44. The van der Waals surface area contributed by atoms with Crippen molar-refractivity contribution >= 4 is 52.1 Å². The van der Waals surface area contributed by atoms with Crippen LogP contribution in [0, 0.1) is 5.92 Å². The molecule has 11 heteroatoms. The summed E-state index contributed by atoms with van der Waals surface area (Å²) < 4.78 is 10.3. The third kappa shape index (κ3) is 11.1. The van der Waals surface area contributed by atoms with Crippen LogP contribution >= 0.6 is 24.0 Å². The smallest absolute Gasteiger partial charge is 0.328 e. The molecule has 3 N–H and O–H groups in total. The van der Waals surface area contributed by atoms with Crippen LogP contribution in [0.5, 0.6) is 0 Å². The first-order valence-electron chi connectivity index (χ1n) is 12.6. The van der Waals surface area contributed by atoms with Gasteiger partial charge in [0.2, 0.25) is 10.3 Å². The van der Waals surface area contributed by atoms with Gasteiger partial charge in [-0.25, -0.2) is 4.79 Å². The second-order valence-corrected chi connectivity index (χ2v) is 10.7. The predicted octanol–water partition coefficient (Wildman–Crippen LogP) is 3.23. The second-order valence-electron chi connectivity index (χ2n) is 8.99. The highest BCUT2D eigenvalue weighted by molar-refractivity contribution is 8.23. The Kier molecular flexibility index (Phi) is 13.4. The van der Waals surface area contributed by atoms with Gasteiger partial charge in [0, 0.05) is 12.0 Å². The summed E-state index contributed by atoms with van der Waals surface area (Å²) >= 11 is 6.04. The molecule has 2 rings (SSSR count). The number of ether oxygens (including phenoxy) is 2. The topological polar surface area (TPSA) is 123 Å². The van der Waals surface area contributed by atoms with Crippen molar-refractivity contribution in [3.63, 3.8) is 0 Å². The van der Waals surface area contributed by atoms with Crippen LogP contribution in [-0.2, 0) is 30.3 Å². The first-order valence-corrected chi connectivity index (χ1v) is 13.8. The van der Waals surface area contributed by atoms with E-state index in [9.17, 15) is 19.2 Å². The molecule has 0 aliphatic carbocycles. The Morgan fingerprint density at radius 3 is 2.05 bits per heavy atom. The Bertz CT molecular complexity index is 1110. The van der Waals surface area contributed by atoms with Gasteiger partial charge >= 0.3 is 5.97 Å². The number of benzene rings is 2. The molecule has 0 saturated heterocycles. The van der Waals surface area contributed by atoms with E-state index < -0.39 is 41.1 Å². The van der Waals surface area contributed by atoms with Gasteiger partial charge in [-0.2, -0.15) is 0 Å². The van der Waals surface area contributed by atoms with Crippen LogP contribution in [0.4, 0.5) is 0 Å². The van der Waals surface area contributed by atoms with Crippen LogP contribution in [-0.4, -0.2) is 59.2 Å². The monoisotopic (exact) mass is 573 g/mol. The molecule has 0 aliphatic rings. The molecule has 3 atom stereocenters. The molecular formula is C28H35N3O6S2. The summed E-state index contributed by atoms with van der Waals surface area (Å²) in [6, 6.07) is 15.7. The molecule has 3 amide bonds. The predicted molar refractivity (Wildman–Crippen MR) is 155 cm³/mol. The summed E-state index contributed by atoms with van der Waals surface area (Å²) in [6.07, 6.45) is 0.516. The van der Waals surface area contributed by atoms with Gasteiger partial charge in [0.15, 0.2) is 5.37 Å². The fourth-order valence-corrected chi connectivity index (χ4v) is 4.73. The lowest BCUT2D eigenvalue weighted by molar-refractivity contribution is -0.145. The van der Waals surface area contributed by atoms with Crippen molar-refractivity contribution in [3.05, 3.63) is 71.8 Å². The van der Waals surface area contributed by atoms with Crippen LogP contribution < -0.4 is 16.0 Å². The van der Waals surface area contributed by atoms with Gasteiger partial charge in [-0.15, -0.1) is 0 Å². The van der Waals surface area contributed by atoms with Crippen LogP contribution in [0.2, 0.25) is 0 Å². The van der Waals surface area contributed by atoms with Gasteiger partial charge in [0.05, 0.1) is 13.7 Å². The molecule has 2 aromatic rings. The van der Waals surface area contributed by atoms with E-state index in [-0.39, 0.29) is 23.3 Å². The Morgan fingerprint density at radius 1 is 0.872 bits per heavy atom. The fourth-order valence-electron chi connectivity index (χ4n) is 3.59. The first-order chi connectivity index (χ1) is 18.6. The zero-order valence-electron chi connectivity index (χ0n) is 22.5. The normalized spacial score (nSPS) is 12.9. The van der Waals surface area contributed by atoms with Crippen molar-refractivity contribution < 1.29 is 28.7 Å². The molecule has 0 unspecified atom stereocenters. The molecule has 0 spiro atoms. The highest BCUT2D eigenvalue weighted by Gasteiger charge is 2.32. The molecule has 9 nitrogen and oxygen atoms in total. The number of hydrogen-bond acceptors (Lipinski definition) is 8. The van der Waals surface area contributed by atoms with E-state index in [2.05, 4.69) is 16.0 Å². The van der Waals surface area contributed by atoms with Gasteiger partial charge in [-0.05, 0) is 60.9 Å². The number of thiocarbonyl (C=S) groups is 1. The SMILES string of the molecule is CCOC(=S)S[C@H](NC(=O)[C@H](CC(C)C)NC(=O)c1ccccc1)C(=O)N[C@@H](Cc1ccccc1)C(=O)OC. The third-order valence-electron chi connectivity index (χ3n) is 5.44. The number of nitrogens with one attached hydrogen (secondary N) is 3. The summed E-state index contributed by atoms with van der Waals surface area (Å²) in [5.41, 5.74) is 1.22. The van der Waals surface area contributed by atoms with E-state index >= 15 is 0 Å². The minimum absolute atomic E-state index is 0.0457. The number of methoxy groups -OCH3 is 1. The van der Waals surface area contributed by atoms with E-state index in [1.807, 2.05) is 44.2 Å². The lowest BCUT2D eigenvalue weighted by atomic mass is 10.0. The molecule has 0 bridgehead atoms. The largest absolute Gasteiger partial charge is 0.479 e. The molecule has 0 fully saturated rings. The number of carbonyl (C=O) groups excluding carboxylic acids is 4. The van der Waals surface area contributed by atoms with Crippen molar-refractivity contribution in [1.29, 1.82) is 0 Å². The standard InChI is InChI=1S/C28H35N3O6S2/c1-5-37-28(38)39-26(25(34)30-22(27(35)36-4)17-19-12-8-6-9-13-19)31-24(33)21(16-18(2)3)29-23(32)20-14-10-7-11-15-20/h6-15,18,21-22,26H,5,16-17H2,1-4H3,(H,29,32)(H,30,34)(H,31,33)/t21-,22-,26-/m0/s1. The summed E-state index contributed by atoms with van der Waals surface area (Å²) in [7, 11) is 1.23. The van der Waals surface area contributed by atoms with Crippen molar-refractivity contribution in [1.82, 2.24) is 16.0 Å². The van der Waals surface area contributed by atoms with Gasteiger partial charge < -0.3 is 25.4 Å². The van der Waals surface area contributed by atoms with E-state index in [0.29, 0.717) is 12.0 Å². The van der Waals surface area contributed by atoms with Crippen molar-refractivity contribution in [2.75, 3.05) is 13.7 Å². The van der Waals surface area contributed by atoms with Gasteiger partial charge in [-0.3, -0.25) is 14.4 Å². The number of carbonyl (C=O) groups is 4. The number of hydrogen-bond donors (Lipinski definition) is 3. The maximum absolute atomic E-state index is 13.4. The van der Waals surface area contributed by atoms with Gasteiger partial charge in [0.25, 0.3) is 11.8 Å². The Labute approximate surface area is 238 Å². The summed E-state index contributed by atoms with van der Waals surface area (Å²) in [6.45, 7) is 5.85. The molecule has 2 aromatic carbocycles. The van der Waals surface area contributed by atoms with Gasteiger partial charge in [0.1, 0.15) is 12.1 Å². The van der Waals surface area contributed by atoms with E-state index in [0.717, 1.165) is 17.3 Å². The maximum atomic E-state index is 13.4. The minimum atomic E-state index is -1.23. The quantitative estimate of drug-likeness (QED) is 0.190. The summed E-state index contributed by atoms with van der Waals surface area (Å²) in [4.78, 5) is 52.0. The van der Waals surface area contributed by atoms with Crippen molar-refractivity contribution in [2.24, 2.45) is 5.92 Å². The molecule has 0 aliphatic heterocycles. The summed E-state index contributed by atoms with van der Waals surface area (Å²) in [5, 5.41) is 6.86. The molecular weight excluding hydrogens is 538 g/mol. The molecule has 0 saturated carbocycles. The zero-order chi connectivity index (χ0) is 28.8. The van der Waals surface area contributed by atoms with Crippen LogP contribution in [0.25, 0.3) is 0 Å². The van der Waals surface area contributed by atoms with E-state index in [4.69, 9.17) is 21.7 Å². The third-order valence-corrected chi connectivity index (χ3v) is 6.72. The van der Waals surface area contributed by atoms with Crippen molar-refractivity contribution in [3.8, 4) is 0 Å². The minimum Gasteiger partial charge on any atom is -0.479 e. The number of amides is 3. The first kappa shape index (κ1) is 31.8. The maximum Gasteiger partial charge on any atom is 0.328 e. The molecule has 0 radical (unpaired) electrons. The Balaban J connectivity index is 2.24. The van der Waals surface area contributed by atoms with Gasteiger partial charge in [-0.1, -0.05) is 62.4 Å². The molecule has 39 heavy (non-hydrogen) atoms. The second kappa shape index (κ2) is 16.5. The highest BCUT2D eigenvalue weighted by Crippen LogP contribution is 2.16. The average Bonchev–Trinajstić information content (AvgIpc) is 2.92. The lowest BCUT2D eigenvalue weighted by Gasteiger charge is -2.25. The number of thioether (sulfide) groups is 1. The molecule has 0 aromatic heterocycles. The van der Waals surface area contributed by atoms with Crippen LogP contribution in [0.1, 0.15) is 43.1 Å². The number of esters is 1. The summed E-state index contributed by atoms with van der Waals surface area (Å²) in [5.74, 6) is -2.22. The Morgan fingerprint density at radius 2 is 1.49 bits per heavy atom. The van der Waals surface area contributed by atoms with E-state index in [1.54, 1.807) is 37.3 Å². The average molecular weight is 574 g/mol. The zero-order valence-corrected chi connectivity index (χ0v) is 24.1. The van der Waals surface area contributed by atoms with Crippen LogP contribution in [0.15, 0.2) is 60.7 Å². The van der Waals surface area contributed by atoms with Crippen molar-refractivity contribution in [2.45, 2.75) is 51.1 Å². The van der Waals surface area contributed by atoms with E-state index in [1.165, 1.54) is 7.11 Å². The lowest BCUT2D eigenvalue weighted by Crippen LogP contribution is -2.55. The van der Waals surface area contributed by atoms with Crippen LogP contribution in [0.3, 0.4) is 0 Å². The fraction of sp³-hybridized carbons (Fsp3) is 0.393. The number of rotatable bonds is 13.